The largest absolute Gasteiger partial charge is 0.505 e. The fourth-order valence-corrected chi connectivity index (χ4v) is 13.8. The summed E-state index contributed by atoms with van der Waals surface area (Å²) in [5.41, 5.74) is 20.5. The number of carboxylic acids is 2. The van der Waals surface area contributed by atoms with Crippen molar-refractivity contribution in [2.45, 2.75) is 207 Å². The molecule has 1 aliphatic carbocycles. The second kappa shape index (κ2) is 34.8. The van der Waals surface area contributed by atoms with Crippen LogP contribution in [0.4, 0.5) is 11.4 Å². The van der Waals surface area contributed by atoms with Crippen LogP contribution >= 0.6 is 0 Å². The van der Waals surface area contributed by atoms with E-state index in [9.17, 15) is 30.0 Å². The van der Waals surface area contributed by atoms with E-state index in [0.29, 0.717) is 44.8 Å². The number of unbranched alkanes of at least 4 members (excludes halogenated alkanes) is 8. The minimum atomic E-state index is -1.61. The monoisotopic (exact) mass is 1410 g/mol. The molecule has 8 nitrogen and oxygen atoms in total. The summed E-state index contributed by atoms with van der Waals surface area (Å²) in [6, 6.07) is 46.0. The molecule has 9 rings (SSSR count). The first-order chi connectivity index (χ1) is 49.4. The summed E-state index contributed by atoms with van der Waals surface area (Å²) in [5.74, 6) is 31.9. The molecule has 10 heteroatoms. The van der Waals surface area contributed by atoms with Gasteiger partial charge in [0.25, 0.3) is 0 Å². The van der Waals surface area contributed by atoms with Crippen LogP contribution in [0.25, 0.3) is 44.5 Å². The summed E-state index contributed by atoms with van der Waals surface area (Å²) in [5, 5.41) is 53.8. The predicted octanol–water partition coefficient (Wildman–Crippen LogP) is 22.5. The number of hydrogen-bond donors (Lipinski definition) is 6. The molecule has 0 aliphatic heterocycles. The molecule has 0 aromatic heterocycles. The van der Waals surface area contributed by atoms with Crippen molar-refractivity contribution in [2.24, 2.45) is 0 Å². The highest BCUT2D eigenvalue weighted by Crippen LogP contribution is 2.43. The third-order valence-electron chi connectivity index (χ3n) is 18.4. The molecule has 0 amide bonds. The molecule has 0 bridgehead atoms. The van der Waals surface area contributed by atoms with Crippen LogP contribution in [0.2, 0.25) is 39.3 Å². The van der Waals surface area contributed by atoms with Gasteiger partial charge in [-0.3, -0.25) is 0 Å². The number of benzene rings is 8. The molecule has 0 radical (unpaired) electrons. The van der Waals surface area contributed by atoms with E-state index in [-0.39, 0.29) is 34.7 Å². The van der Waals surface area contributed by atoms with Gasteiger partial charge in [-0.15, -0.1) is 11.1 Å². The van der Waals surface area contributed by atoms with Crippen LogP contribution in [0.1, 0.15) is 222 Å². The van der Waals surface area contributed by atoms with Crippen molar-refractivity contribution in [1.29, 1.82) is 0 Å². The SMILES string of the molecule is CCCCCCC#Cc1cc(-c2ccc(C#Cc3cc(N[C@@H]4CCCC[C@H]4Nc4cc(C#Cc5ccc(-c6cc(C#CCCCCCC)cc(-c7ccc(C#C[Si](C)(C)C)cc7)c6C(=O)O)cc5)cc(C(C)(C)C)c4O)c(O)c(C(C)(C)C)c3)cc2)c(C(=O)O)c(-c2ccc(C#C[Si](C)(C)C)cc2)c1. The summed E-state index contributed by atoms with van der Waals surface area (Å²) in [6.07, 6.45) is 14.0. The summed E-state index contributed by atoms with van der Waals surface area (Å²) in [7, 11) is -3.22. The lowest BCUT2D eigenvalue weighted by Crippen LogP contribution is -2.42. The van der Waals surface area contributed by atoms with Crippen LogP contribution in [-0.4, -0.2) is 60.6 Å². The maximum atomic E-state index is 13.4. The zero-order chi connectivity index (χ0) is 74.9. The number of rotatable bonds is 18. The molecule has 0 unspecified atom stereocenters. The Bertz CT molecular complexity index is 4540. The van der Waals surface area contributed by atoms with Crippen LogP contribution in [0.5, 0.6) is 11.5 Å². The first-order valence-electron chi connectivity index (χ1n) is 37.1. The normalized spacial score (nSPS) is 13.5. The van der Waals surface area contributed by atoms with Crippen molar-refractivity contribution in [3.05, 3.63) is 212 Å². The van der Waals surface area contributed by atoms with Crippen molar-refractivity contribution in [3.63, 3.8) is 0 Å². The lowest BCUT2D eigenvalue weighted by molar-refractivity contribution is 0.0687. The maximum absolute atomic E-state index is 13.4. The van der Waals surface area contributed by atoms with Gasteiger partial charge in [0, 0.05) is 80.6 Å². The van der Waals surface area contributed by atoms with Crippen molar-refractivity contribution in [1.82, 2.24) is 0 Å². The number of nitrogens with one attached hydrogen (secondary N) is 2. The van der Waals surface area contributed by atoms with Crippen LogP contribution in [0, 0.1) is 70.3 Å². The standard InChI is InChI=1S/C94H102N2O6Si2/c1-15-17-19-21-23-25-29-69-57-77(87(91(99)100)79(59-69)75-49-41-67(42-50-75)53-55-103(9,10)11)73-45-37-65(38-46-73)33-35-71-61-81(93(3,4)5)89(97)85(63-71)95-83-31-27-28-32-84(83)96-86-64-72(62-82(90(86)98)94(6,7)8)36-34-66-39-47-74(48-40-66)78-58-70(30-26-24-22-20-18-16-2)60-80(88(78)92(101)102)76-51-43-68(44-52-76)54-56-104(12,13)14/h37-52,57-64,83-84,95-98H,15-24,27-28,31-32H2,1-14H3,(H,99,100)(H,101,102)/t83-,84-/m1/s1. The molecule has 8 aromatic rings. The number of carboxylic acid groups (broad SMARTS) is 2. The Kier molecular flexibility index (Phi) is 26.0. The Hall–Kier alpha value is -10.3. The van der Waals surface area contributed by atoms with E-state index in [1.54, 1.807) is 0 Å². The first-order valence-corrected chi connectivity index (χ1v) is 44.1. The molecule has 0 heterocycles. The van der Waals surface area contributed by atoms with Crippen molar-refractivity contribution < 1.29 is 30.0 Å². The minimum absolute atomic E-state index is 0.148. The summed E-state index contributed by atoms with van der Waals surface area (Å²) >= 11 is 0. The Morgan fingerprint density at radius 2 is 0.683 bits per heavy atom. The molecule has 1 aliphatic rings. The van der Waals surface area contributed by atoms with E-state index in [0.717, 1.165) is 144 Å². The third kappa shape index (κ3) is 21.6. The smallest absolute Gasteiger partial charge is 0.336 e. The van der Waals surface area contributed by atoms with Gasteiger partial charge >= 0.3 is 11.9 Å². The zero-order valence-corrected chi connectivity index (χ0v) is 65.5. The summed E-state index contributed by atoms with van der Waals surface area (Å²) < 4.78 is 0. The highest BCUT2D eigenvalue weighted by Gasteiger charge is 2.31. The molecule has 0 saturated heterocycles. The van der Waals surface area contributed by atoms with Gasteiger partial charge in [-0.1, -0.05) is 254 Å². The predicted molar refractivity (Wildman–Crippen MR) is 439 cm³/mol. The molecule has 1 saturated carbocycles. The van der Waals surface area contributed by atoms with Gasteiger partial charge in [0.05, 0.1) is 22.5 Å². The fourth-order valence-electron chi connectivity index (χ4n) is 12.8. The molecule has 6 N–H and O–H groups in total. The van der Waals surface area contributed by atoms with Crippen molar-refractivity contribution in [2.75, 3.05) is 10.6 Å². The van der Waals surface area contributed by atoms with Gasteiger partial charge in [0.15, 0.2) is 0 Å². The molecule has 1 fully saturated rings. The molecule has 104 heavy (non-hydrogen) atoms. The average molecular weight is 1410 g/mol. The highest BCUT2D eigenvalue weighted by atomic mass is 28.3. The number of hydrogen-bond acceptors (Lipinski definition) is 6. The number of phenols is 2. The highest BCUT2D eigenvalue weighted by molar-refractivity contribution is 6.84. The van der Waals surface area contributed by atoms with Gasteiger partial charge in [-0.25, -0.2) is 9.59 Å². The van der Waals surface area contributed by atoms with Gasteiger partial charge in [0.1, 0.15) is 27.6 Å². The van der Waals surface area contributed by atoms with Gasteiger partial charge < -0.3 is 31.1 Å². The Labute approximate surface area is 622 Å². The van der Waals surface area contributed by atoms with E-state index in [2.05, 4.69) is 176 Å². The minimum Gasteiger partial charge on any atom is -0.505 e. The van der Waals surface area contributed by atoms with Crippen LogP contribution < -0.4 is 10.6 Å². The van der Waals surface area contributed by atoms with Crippen LogP contribution in [0.3, 0.4) is 0 Å². The number of aromatic carboxylic acids is 2. The first kappa shape index (κ1) is 77.8. The molecule has 8 aromatic carbocycles. The Morgan fingerprint density at radius 1 is 0.394 bits per heavy atom. The number of carbonyl (C=O) groups is 2. The average Bonchev–Trinajstić information content (AvgIpc) is 0.791. The van der Waals surface area contributed by atoms with Crippen molar-refractivity contribution >= 4 is 39.5 Å². The van der Waals surface area contributed by atoms with E-state index < -0.39 is 38.9 Å². The summed E-state index contributed by atoms with van der Waals surface area (Å²) in [4.78, 5) is 26.8. The topological polar surface area (TPSA) is 139 Å². The van der Waals surface area contributed by atoms with E-state index in [4.69, 9.17) is 0 Å². The van der Waals surface area contributed by atoms with Gasteiger partial charge in [0.2, 0.25) is 0 Å². The van der Waals surface area contributed by atoms with Crippen molar-refractivity contribution in [3.8, 4) is 126 Å². The number of phenolic OH excluding ortho intramolecular Hbond substituents is 2. The van der Waals surface area contributed by atoms with E-state index in [1.807, 2.05) is 146 Å². The molecule has 532 valence electrons. The van der Waals surface area contributed by atoms with E-state index >= 15 is 0 Å². The quantitative estimate of drug-likeness (QED) is 0.0216. The van der Waals surface area contributed by atoms with Gasteiger partial charge in [-0.2, -0.15) is 0 Å². The Morgan fingerprint density at radius 3 is 0.962 bits per heavy atom. The second-order valence-corrected chi connectivity index (χ2v) is 41.2. The van der Waals surface area contributed by atoms with Gasteiger partial charge in [-0.05, 0) is 178 Å². The lowest BCUT2D eigenvalue weighted by atomic mass is 9.84. The van der Waals surface area contributed by atoms with E-state index in [1.165, 1.54) is 12.8 Å². The van der Waals surface area contributed by atoms with Crippen LogP contribution in [0.15, 0.2) is 146 Å². The second-order valence-electron chi connectivity index (χ2n) is 31.7. The number of anilines is 2. The molecule has 0 spiro atoms. The molecular weight excluding hydrogens is 1310 g/mol. The van der Waals surface area contributed by atoms with Crippen LogP contribution in [-0.2, 0) is 10.8 Å². The Balaban J connectivity index is 0.988. The third-order valence-corrected chi connectivity index (χ3v) is 20.2. The molecule has 2 atom stereocenters. The maximum Gasteiger partial charge on any atom is 0.336 e. The number of aromatic hydroxyl groups is 2. The lowest BCUT2D eigenvalue weighted by Gasteiger charge is -2.35. The fraction of sp³-hybridized carbons (Fsp3) is 0.340. The zero-order valence-electron chi connectivity index (χ0n) is 63.5. The molecular formula is C94H102N2O6Si2. The summed E-state index contributed by atoms with van der Waals surface area (Å²) in [6.45, 7) is 30.1.